The van der Waals surface area contributed by atoms with Crippen LogP contribution >= 0.6 is 0 Å². The quantitative estimate of drug-likeness (QED) is 0.734. The summed E-state index contributed by atoms with van der Waals surface area (Å²) in [5.41, 5.74) is 7.31. The van der Waals surface area contributed by atoms with Crippen LogP contribution in [0.3, 0.4) is 0 Å². The van der Waals surface area contributed by atoms with Crippen LogP contribution in [-0.2, 0) is 6.54 Å². The average Bonchev–Trinajstić information content (AvgIpc) is 2.71. The third kappa shape index (κ3) is 2.65. The number of aromatic nitrogens is 2. The molecule has 0 bridgehead atoms. The van der Waals surface area contributed by atoms with Crippen LogP contribution in [0.5, 0.6) is 0 Å². The number of fused-ring (bicyclic) bond motifs is 1. The number of anilines is 1. The van der Waals surface area contributed by atoms with Crippen LogP contribution in [0, 0.1) is 0 Å². The lowest BCUT2D eigenvalue weighted by atomic mass is 10.2. The number of para-hydroxylation sites is 1. The molecular weight excluding hydrogens is 282 g/mol. The van der Waals surface area contributed by atoms with Gasteiger partial charge in [-0.2, -0.15) is 0 Å². The molecule has 1 amide bonds. The molecule has 118 valence electrons. The highest BCUT2D eigenvalue weighted by atomic mass is 16.3. The Morgan fingerprint density at radius 2 is 2.23 bits per heavy atom. The fraction of sp³-hybridized carbons (Fsp3) is 0.467. The summed E-state index contributed by atoms with van der Waals surface area (Å²) in [6.07, 6.45) is 1.03. The number of primary amides is 1. The van der Waals surface area contributed by atoms with Crippen molar-refractivity contribution < 1.29 is 9.90 Å². The normalized spacial score (nSPS) is 16.0. The molecule has 1 aliphatic rings. The summed E-state index contributed by atoms with van der Waals surface area (Å²) in [4.78, 5) is 18.5. The van der Waals surface area contributed by atoms with Gasteiger partial charge in [-0.25, -0.2) is 4.98 Å². The predicted molar refractivity (Wildman–Crippen MR) is 85.0 cm³/mol. The van der Waals surface area contributed by atoms with Crippen LogP contribution in [0.2, 0.25) is 0 Å². The lowest BCUT2D eigenvalue weighted by Crippen LogP contribution is -2.30. The first-order valence-corrected chi connectivity index (χ1v) is 7.58. The highest BCUT2D eigenvalue weighted by Crippen LogP contribution is 2.25. The Kier molecular flexibility index (Phi) is 4.26. The summed E-state index contributed by atoms with van der Waals surface area (Å²) in [6, 6.07) is 5.39. The highest BCUT2D eigenvalue weighted by molar-refractivity contribution is 6.04. The van der Waals surface area contributed by atoms with E-state index in [1.165, 1.54) is 0 Å². The van der Waals surface area contributed by atoms with E-state index in [-0.39, 0.29) is 6.61 Å². The molecule has 7 nitrogen and oxygen atoms in total. The number of carbonyl (C=O) groups excluding carboxylic acids is 1. The molecule has 1 aromatic carbocycles. The molecule has 0 spiro atoms. The van der Waals surface area contributed by atoms with Gasteiger partial charge in [-0.15, -0.1) is 0 Å². The zero-order valence-corrected chi connectivity index (χ0v) is 12.5. The number of aliphatic hydroxyl groups excluding tert-OH is 1. The van der Waals surface area contributed by atoms with E-state index in [1.54, 1.807) is 12.1 Å². The first-order valence-electron chi connectivity index (χ1n) is 7.58. The molecule has 4 N–H and O–H groups in total. The second-order valence-electron chi connectivity index (χ2n) is 5.42. The Morgan fingerprint density at radius 3 is 3.00 bits per heavy atom. The van der Waals surface area contributed by atoms with E-state index in [0.717, 1.165) is 44.1 Å². The van der Waals surface area contributed by atoms with Crippen molar-refractivity contribution in [2.75, 3.05) is 37.7 Å². The maximum Gasteiger partial charge on any atom is 0.250 e. The van der Waals surface area contributed by atoms with Gasteiger partial charge in [-0.05, 0) is 25.1 Å². The van der Waals surface area contributed by atoms with Gasteiger partial charge in [-0.3, -0.25) is 4.79 Å². The number of nitrogens with zero attached hydrogens (tertiary/aromatic N) is 3. The van der Waals surface area contributed by atoms with Gasteiger partial charge in [0.25, 0.3) is 5.91 Å². The SMILES string of the molecule is NC(=O)c1cccc2c1nc(N1CCCNCC1)n2CCO. The molecule has 0 atom stereocenters. The summed E-state index contributed by atoms with van der Waals surface area (Å²) >= 11 is 0. The summed E-state index contributed by atoms with van der Waals surface area (Å²) < 4.78 is 1.97. The first-order chi connectivity index (χ1) is 10.7. The smallest absolute Gasteiger partial charge is 0.250 e. The summed E-state index contributed by atoms with van der Waals surface area (Å²) in [5.74, 6) is 0.310. The molecule has 0 aliphatic carbocycles. The Bertz CT molecular complexity index is 674. The zero-order valence-electron chi connectivity index (χ0n) is 12.5. The van der Waals surface area contributed by atoms with Crippen molar-refractivity contribution in [3.8, 4) is 0 Å². The van der Waals surface area contributed by atoms with Crippen LogP contribution in [-0.4, -0.2) is 53.4 Å². The number of hydrogen-bond acceptors (Lipinski definition) is 5. The molecular formula is C15H21N5O2. The molecule has 7 heteroatoms. The monoisotopic (exact) mass is 303 g/mol. The van der Waals surface area contributed by atoms with Gasteiger partial charge < -0.3 is 25.6 Å². The van der Waals surface area contributed by atoms with Crippen LogP contribution in [0.15, 0.2) is 18.2 Å². The fourth-order valence-corrected chi connectivity index (χ4v) is 2.94. The number of amides is 1. The number of imidazole rings is 1. The molecule has 22 heavy (non-hydrogen) atoms. The molecule has 1 saturated heterocycles. The molecule has 0 radical (unpaired) electrons. The summed E-state index contributed by atoms with van der Waals surface area (Å²) in [5, 5.41) is 12.7. The molecule has 1 aliphatic heterocycles. The minimum absolute atomic E-state index is 0.0192. The Labute approximate surface area is 128 Å². The number of hydrogen-bond donors (Lipinski definition) is 3. The fourth-order valence-electron chi connectivity index (χ4n) is 2.94. The summed E-state index contributed by atoms with van der Waals surface area (Å²) in [6.45, 7) is 4.09. The van der Waals surface area contributed by atoms with Crippen LogP contribution in [0.4, 0.5) is 5.95 Å². The largest absolute Gasteiger partial charge is 0.395 e. The van der Waals surface area contributed by atoms with E-state index in [4.69, 9.17) is 5.73 Å². The predicted octanol–water partition coefficient (Wildman–Crippen LogP) is -0.0728. The van der Waals surface area contributed by atoms with Crippen molar-refractivity contribution >= 4 is 22.9 Å². The number of aliphatic hydroxyl groups is 1. The van der Waals surface area contributed by atoms with Gasteiger partial charge in [0, 0.05) is 26.2 Å². The standard InChI is InChI=1S/C15H21N5O2/c16-14(22)11-3-1-4-12-13(11)18-15(20(12)9-10-21)19-7-2-5-17-6-8-19/h1,3-4,17,21H,2,5-10H2,(H2,16,22). The van der Waals surface area contributed by atoms with Gasteiger partial charge in [0.1, 0.15) is 5.52 Å². The van der Waals surface area contributed by atoms with E-state index in [2.05, 4.69) is 15.2 Å². The van der Waals surface area contributed by atoms with Crippen molar-refractivity contribution in [3.05, 3.63) is 23.8 Å². The number of rotatable bonds is 4. The third-order valence-electron chi connectivity index (χ3n) is 3.97. The lowest BCUT2D eigenvalue weighted by molar-refractivity contribution is 0.100. The van der Waals surface area contributed by atoms with E-state index in [1.807, 2.05) is 10.6 Å². The Morgan fingerprint density at radius 1 is 1.36 bits per heavy atom. The van der Waals surface area contributed by atoms with Crippen molar-refractivity contribution in [1.82, 2.24) is 14.9 Å². The summed E-state index contributed by atoms with van der Waals surface area (Å²) in [7, 11) is 0. The third-order valence-corrected chi connectivity index (χ3v) is 3.97. The highest BCUT2D eigenvalue weighted by Gasteiger charge is 2.20. The van der Waals surface area contributed by atoms with Gasteiger partial charge in [-0.1, -0.05) is 6.07 Å². The molecule has 1 fully saturated rings. The van der Waals surface area contributed by atoms with Crippen molar-refractivity contribution in [3.63, 3.8) is 0 Å². The van der Waals surface area contributed by atoms with Gasteiger partial charge >= 0.3 is 0 Å². The molecule has 2 aromatic rings. The molecule has 2 heterocycles. The van der Waals surface area contributed by atoms with E-state index in [0.29, 0.717) is 17.6 Å². The van der Waals surface area contributed by atoms with E-state index in [9.17, 15) is 9.90 Å². The van der Waals surface area contributed by atoms with Gasteiger partial charge in [0.05, 0.1) is 17.7 Å². The molecule has 3 rings (SSSR count). The molecule has 1 aromatic heterocycles. The number of carbonyl (C=O) groups is 1. The van der Waals surface area contributed by atoms with E-state index < -0.39 is 5.91 Å². The second-order valence-corrected chi connectivity index (χ2v) is 5.42. The molecule has 0 saturated carbocycles. The Hall–Kier alpha value is -2.12. The maximum atomic E-state index is 11.6. The minimum Gasteiger partial charge on any atom is -0.395 e. The van der Waals surface area contributed by atoms with Crippen molar-refractivity contribution in [2.45, 2.75) is 13.0 Å². The van der Waals surface area contributed by atoms with Crippen LogP contribution in [0.1, 0.15) is 16.8 Å². The zero-order chi connectivity index (χ0) is 15.5. The van der Waals surface area contributed by atoms with Gasteiger partial charge in [0.15, 0.2) is 0 Å². The van der Waals surface area contributed by atoms with Crippen molar-refractivity contribution in [1.29, 1.82) is 0 Å². The minimum atomic E-state index is -0.483. The van der Waals surface area contributed by atoms with Crippen LogP contribution < -0.4 is 16.0 Å². The lowest BCUT2D eigenvalue weighted by Gasteiger charge is -2.22. The second kappa shape index (κ2) is 6.33. The Balaban J connectivity index is 2.13. The number of nitrogens with one attached hydrogen (secondary N) is 1. The van der Waals surface area contributed by atoms with E-state index >= 15 is 0 Å². The molecule has 0 unspecified atom stereocenters. The number of benzene rings is 1. The first kappa shape index (κ1) is 14.8. The van der Waals surface area contributed by atoms with Crippen molar-refractivity contribution in [2.24, 2.45) is 5.73 Å². The maximum absolute atomic E-state index is 11.6. The average molecular weight is 303 g/mol. The number of nitrogens with two attached hydrogens (primary N) is 1. The topological polar surface area (TPSA) is 96.4 Å². The van der Waals surface area contributed by atoms with Crippen LogP contribution in [0.25, 0.3) is 11.0 Å². The van der Waals surface area contributed by atoms with Gasteiger partial charge in [0.2, 0.25) is 5.95 Å².